The van der Waals surface area contributed by atoms with Crippen LogP contribution in [0.2, 0.25) is 0 Å². The Morgan fingerprint density at radius 1 is 1.04 bits per heavy atom. The van der Waals surface area contributed by atoms with E-state index in [0.717, 1.165) is 4.68 Å². The van der Waals surface area contributed by atoms with Gasteiger partial charge in [-0.05, 0) is 48.5 Å². The van der Waals surface area contributed by atoms with Crippen molar-refractivity contribution in [3.05, 3.63) is 65.3 Å². The van der Waals surface area contributed by atoms with Gasteiger partial charge in [-0.2, -0.15) is 18.6 Å². The fourth-order valence-electron chi connectivity index (χ4n) is 2.22. The quantitative estimate of drug-likeness (QED) is 0.526. The monoisotopic (exact) mass is 382 g/mol. The average Bonchev–Trinajstić information content (AvgIpc) is 3.02. The molecule has 0 amide bonds. The van der Waals surface area contributed by atoms with Gasteiger partial charge >= 0.3 is 18.0 Å². The number of alkyl halides is 4. The molecule has 0 spiro atoms. The molecule has 0 aliphatic rings. The van der Waals surface area contributed by atoms with E-state index in [1.165, 1.54) is 35.2 Å². The van der Waals surface area contributed by atoms with E-state index < -0.39 is 24.6 Å². The van der Waals surface area contributed by atoms with E-state index in [4.69, 9.17) is 5.73 Å². The number of aromatic nitrogens is 3. The van der Waals surface area contributed by atoms with Gasteiger partial charge in [0, 0.05) is 5.69 Å². The van der Waals surface area contributed by atoms with Crippen molar-refractivity contribution in [1.29, 1.82) is 0 Å². The Morgan fingerprint density at radius 2 is 1.63 bits per heavy atom. The molecule has 142 valence electrons. The van der Waals surface area contributed by atoms with Gasteiger partial charge in [0.25, 0.3) is 0 Å². The standard InChI is InChI=1S/C17H14F4N4O2/c18-15(19)17(20,21)9-27-14-7-5-12(6-8-14)24-10-23-25(16(24)26)13-3-1-11(22)2-4-13/h1-8,10,15H,9,22H2. The summed E-state index contributed by atoms with van der Waals surface area (Å²) in [6, 6.07) is 12.0. The normalized spacial score (nSPS) is 11.7. The Kier molecular flexibility index (Phi) is 4.89. The molecule has 3 rings (SSSR count). The maximum atomic E-state index is 12.9. The summed E-state index contributed by atoms with van der Waals surface area (Å²) in [5.41, 5.74) is 6.60. The van der Waals surface area contributed by atoms with Crippen LogP contribution in [0.5, 0.6) is 5.75 Å². The van der Waals surface area contributed by atoms with Gasteiger partial charge in [-0.15, -0.1) is 0 Å². The number of nitrogen functional groups attached to an aromatic ring is 1. The summed E-state index contributed by atoms with van der Waals surface area (Å²) in [4.78, 5) is 12.5. The summed E-state index contributed by atoms with van der Waals surface area (Å²) < 4.78 is 57.1. The van der Waals surface area contributed by atoms with Crippen molar-refractivity contribution in [2.45, 2.75) is 12.3 Å². The molecular formula is C17H14F4N4O2. The van der Waals surface area contributed by atoms with Crippen LogP contribution in [0, 0.1) is 0 Å². The minimum atomic E-state index is -4.24. The van der Waals surface area contributed by atoms with Crippen molar-refractivity contribution >= 4 is 5.69 Å². The summed E-state index contributed by atoms with van der Waals surface area (Å²) in [5.74, 6) is -4.27. The van der Waals surface area contributed by atoms with Gasteiger partial charge in [0.05, 0.1) is 11.4 Å². The van der Waals surface area contributed by atoms with E-state index >= 15 is 0 Å². The molecule has 1 heterocycles. The average molecular weight is 382 g/mol. The summed E-state index contributed by atoms with van der Waals surface area (Å²) in [5, 5.41) is 4.02. The zero-order chi connectivity index (χ0) is 19.6. The molecule has 2 N–H and O–H groups in total. The molecule has 0 aliphatic heterocycles. The van der Waals surface area contributed by atoms with Gasteiger partial charge in [-0.25, -0.2) is 18.1 Å². The third kappa shape index (κ3) is 3.94. The summed E-state index contributed by atoms with van der Waals surface area (Å²) in [6.07, 6.45) is -2.52. The minimum Gasteiger partial charge on any atom is -0.487 e. The van der Waals surface area contributed by atoms with Crippen molar-refractivity contribution in [3.8, 4) is 17.1 Å². The van der Waals surface area contributed by atoms with Crippen molar-refractivity contribution in [3.63, 3.8) is 0 Å². The van der Waals surface area contributed by atoms with Crippen molar-refractivity contribution < 1.29 is 22.3 Å². The molecule has 0 bridgehead atoms. The number of anilines is 1. The molecule has 27 heavy (non-hydrogen) atoms. The maximum absolute atomic E-state index is 12.9. The fraction of sp³-hybridized carbons (Fsp3) is 0.176. The lowest BCUT2D eigenvalue weighted by molar-refractivity contribution is -0.148. The molecule has 0 unspecified atom stereocenters. The number of hydrogen-bond acceptors (Lipinski definition) is 4. The highest BCUT2D eigenvalue weighted by atomic mass is 19.3. The second-order valence-corrected chi connectivity index (χ2v) is 5.63. The molecule has 3 aromatic rings. The lowest BCUT2D eigenvalue weighted by Crippen LogP contribution is -2.33. The van der Waals surface area contributed by atoms with Gasteiger partial charge in [0.15, 0.2) is 6.61 Å². The number of nitrogens with two attached hydrogens (primary N) is 1. The summed E-state index contributed by atoms with van der Waals surface area (Å²) >= 11 is 0. The van der Waals surface area contributed by atoms with Gasteiger partial charge < -0.3 is 10.5 Å². The number of halogens is 4. The molecular weight excluding hydrogens is 368 g/mol. The minimum absolute atomic E-state index is 0.0296. The first-order valence-electron chi connectivity index (χ1n) is 7.70. The van der Waals surface area contributed by atoms with Gasteiger partial charge in [-0.3, -0.25) is 0 Å². The van der Waals surface area contributed by atoms with Crippen molar-refractivity contribution in [2.24, 2.45) is 0 Å². The molecule has 6 nitrogen and oxygen atoms in total. The largest absolute Gasteiger partial charge is 0.487 e. The lowest BCUT2D eigenvalue weighted by Gasteiger charge is -2.16. The van der Waals surface area contributed by atoms with Crippen LogP contribution in [-0.4, -0.2) is 33.3 Å². The third-order valence-electron chi connectivity index (χ3n) is 3.67. The molecule has 0 atom stereocenters. The zero-order valence-corrected chi connectivity index (χ0v) is 13.7. The molecule has 0 fully saturated rings. The second kappa shape index (κ2) is 7.14. The molecule has 0 aliphatic carbocycles. The smallest absolute Gasteiger partial charge is 0.355 e. The van der Waals surface area contributed by atoms with E-state index in [2.05, 4.69) is 9.84 Å². The van der Waals surface area contributed by atoms with Crippen molar-refractivity contribution in [2.75, 3.05) is 12.3 Å². The molecule has 1 aromatic heterocycles. The van der Waals surface area contributed by atoms with Gasteiger partial charge in [0.2, 0.25) is 0 Å². The predicted octanol–water partition coefficient (Wildman–Crippen LogP) is 2.88. The van der Waals surface area contributed by atoms with E-state index in [-0.39, 0.29) is 5.75 Å². The fourth-order valence-corrected chi connectivity index (χ4v) is 2.22. The second-order valence-electron chi connectivity index (χ2n) is 5.63. The van der Waals surface area contributed by atoms with Crippen molar-refractivity contribution in [1.82, 2.24) is 14.3 Å². The first-order chi connectivity index (χ1) is 12.8. The Morgan fingerprint density at radius 3 is 2.22 bits per heavy atom. The summed E-state index contributed by atoms with van der Waals surface area (Å²) in [6.45, 7) is -1.45. The molecule has 0 saturated carbocycles. The predicted molar refractivity (Wildman–Crippen MR) is 90.0 cm³/mol. The van der Waals surface area contributed by atoms with E-state index in [0.29, 0.717) is 17.1 Å². The highest BCUT2D eigenvalue weighted by molar-refractivity contribution is 5.44. The number of hydrogen-bond donors (Lipinski definition) is 1. The molecule has 0 saturated heterocycles. The van der Waals surface area contributed by atoms with Crippen LogP contribution >= 0.6 is 0 Å². The van der Waals surface area contributed by atoms with E-state index in [1.54, 1.807) is 24.3 Å². The van der Waals surface area contributed by atoms with E-state index in [1.807, 2.05) is 0 Å². The molecule has 10 heteroatoms. The van der Waals surface area contributed by atoms with Crippen LogP contribution in [0.25, 0.3) is 11.4 Å². The Labute approximate surface area is 150 Å². The molecule has 2 aromatic carbocycles. The van der Waals surface area contributed by atoms with E-state index in [9.17, 15) is 22.4 Å². The number of nitrogens with zero attached hydrogens (tertiary/aromatic N) is 3. The van der Waals surface area contributed by atoms with Crippen LogP contribution < -0.4 is 16.2 Å². The molecule has 0 radical (unpaired) electrons. The number of rotatable bonds is 6. The summed E-state index contributed by atoms with van der Waals surface area (Å²) in [7, 11) is 0. The highest BCUT2D eigenvalue weighted by Gasteiger charge is 2.41. The van der Waals surface area contributed by atoms with Crippen LogP contribution in [0.3, 0.4) is 0 Å². The zero-order valence-electron chi connectivity index (χ0n) is 13.7. The first kappa shape index (κ1) is 18.5. The lowest BCUT2D eigenvalue weighted by atomic mass is 10.3. The SMILES string of the molecule is Nc1ccc(-n2ncn(-c3ccc(OCC(F)(F)C(F)F)cc3)c2=O)cc1. The Bertz CT molecular complexity index is 966. The van der Waals surface area contributed by atoms with Crippen LogP contribution in [0.1, 0.15) is 0 Å². The third-order valence-corrected chi connectivity index (χ3v) is 3.67. The highest BCUT2D eigenvalue weighted by Crippen LogP contribution is 2.24. The number of benzene rings is 2. The van der Waals surface area contributed by atoms with Crippen LogP contribution in [0.15, 0.2) is 59.7 Å². The van der Waals surface area contributed by atoms with Crippen LogP contribution in [-0.2, 0) is 0 Å². The maximum Gasteiger partial charge on any atom is 0.355 e. The number of ether oxygens (including phenoxy) is 1. The topological polar surface area (TPSA) is 75.1 Å². The Hall–Kier alpha value is -3.30. The Balaban J connectivity index is 1.78. The van der Waals surface area contributed by atoms with Crippen LogP contribution in [0.4, 0.5) is 23.2 Å². The first-order valence-corrected chi connectivity index (χ1v) is 7.70. The van der Waals surface area contributed by atoms with Gasteiger partial charge in [0.1, 0.15) is 12.1 Å². The van der Waals surface area contributed by atoms with Gasteiger partial charge in [-0.1, -0.05) is 0 Å².